The predicted molar refractivity (Wildman–Crippen MR) is 94.5 cm³/mol. The Morgan fingerprint density at radius 1 is 1.04 bits per heavy atom. The molecule has 1 amide bonds. The third-order valence-corrected chi connectivity index (χ3v) is 3.72. The SMILES string of the molecule is COC(=O)c1ccc(Cl)c(NC(=O)C(C)Oc2ccc(OC)cc2)c1. The summed E-state index contributed by atoms with van der Waals surface area (Å²) in [6.45, 7) is 1.61. The standard InChI is InChI=1S/C18H18ClNO5/c1-11(25-14-7-5-13(23-2)6-8-14)17(21)20-16-10-12(18(22)24-3)4-9-15(16)19/h4-11H,1-3H3,(H,20,21). The van der Waals surface area contributed by atoms with Gasteiger partial charge in [0.15, 0.2) is 6.10 Å². The molecule has 0 aliphatic heterocycles. The molecule has 0 aliphatic carbocycles. The number of carbonyl (C=O) groups excluding carboxylic acids is 2. The molecule has 2 aromatic carbocycles. The van der Waals surface area contributed by atoms with E-state index in [-0.39, 0.29) is 5.56 Å². The van der Waals surface area contributed by atoms with Crippen LogP contribution >= 0.6 is 11.6 Å². The zero-order chi connectivity index (χ0) is 18.4. The average Bonchev–Trinajstić information content (AvgIpc) is 2.63. The van der Waals surface area contributed by atoms with Gasteiger partial charge >= 0.3 is 5.97 Å². The van der Waals surface area contributed by atoms with Gasteiger partial charge in [-0.25, -0.2) is 4.79 Å². The summed E-state index contributed by atoms with van der Waals surface area (Å²) in [6.07, 6.45) is -0.772. The summed E-state index contributed by atoms with van der Waals surface area (Å²) in [5.74, 6) is 0.295. The molecule has 1 unspecified atom stereocenters. The molecule has 2 aromatic rings. The van der Waals surface area contributed by atoms with Crippen molar-refractivity contribution in [2.45, 2.75) is 13.0 Å². The van der Waals surface area contributed by atoms with Crippen LogP contribution in [0.4, 0.5) is 5.69 Å². The van der Waals surface area contributed by atoms with E-state index in [0.717, 1.165) is 0 Å². The third kappa shape index (κ3) is 4.87. The second kappa shape index (κ2) is 8.39. The molecule has 0 bridgehead atoms. The monoisotopic (exact) mass is 363 g/mol. The molecule has 0 saturated heterocycles. The van der Waals surface area contributed by atoms with E-state index >= 15 is 0 Å². The quantitative estimate of drug-likeness (QED) is 0.794. The molecule has 132 valence electrons. The van der Waals surface area contributed by atoms with Gasteiger partial charge in [-0.1, -0.05) is 11.6 Å². The zero-order valence-corrected chi connectivity index (χ0v) is 14.8. The molecular formula is C18H18ClNO5. The minimum Gasteiger partial charge on any atom is -0.497 e. The molecule has 0 aliphatic rings. The smallest absolute Gasteiger partial charge is 0.337 e. The van der Waals surface area contributed by atoms with E-state index in [4.69, 9.17) is 21.1 Å². The number of methoxy groups -OCH3 is 2. The molecule has 0 aromatic heterocycles. The first-order valence-corrected chi connectivity index (χ1v) is 7.82. The van der Waals surface area contributed by atoms with Crippen LogP contribution in [0.1, 0.15) is 17.3 Å². The number of esters is 1. The summed E-state index contributed by atoms with van der Waals surface area (Å²) in [6, 6.07) is 11.3. The fourth-order valence-corrected chi connectivity index (χ4v) is 2.18. The molecule has 0 saturated carbocycles. The maximum Gasteiger partial charge on any atom is 0.337 e. The molecule has 25 heavy (non-hydrogen) atoms. The Balaban J connectivity index is 2.06. The first-order valence-electron chi connectivity index (χ1n) is 7.44. The van der Waals surface area contributed by atoms with Gasteiger partial charge < -0.3 is 19.5 Å². The van der Waals surface area contributed by atoms with Crippen molar-refractivity contribution in [1.82, 2.24) is 0 Å². The van der Waals surface area contributed by atoms with E-state index in [1.807, 2.05) is 0 Å². The molecule has 0 radical (unpaired) electrons. The minimum atomic E-state index is -0.772. The maximum absolute atomic E-state index is 12.3. The van der Waals surface area contributed by atoms with Crippen molar-refractivity contribution in [3.05, 3.63) is 53.1 Å². The van der Waals surface area contributed by atoms with Gasteiger partial charge in [0.2, 0.25) is 0 Å². The largest absolute Gasteiger partial charge is 0.497 e. The highest BCUT2D eigenvalue weighted by Crippen LogP contribution is 2.24. The highest BCUT2D eigenvalue weighted by atomic mass is 35.5. The van der Waals surface area contributed by atoms with Crippen molar-refractivity contribution < 1.29 is 23.8 Å². The van der Waals surface area contributed by atoms with Crippen LogP contribution in [0, 0.1) is 0 Å². The number of hydrogen-bond acceptors (Lipinski definition) is 5. The second-order valence-corrected chi connectivity index (χ2v) is 5.52. The molecule has 6 nitrogen and oxygen atoms in total. The van der Waals surface area contributed by atoms with E-state index in [9.17, 15) is 9.59 Å². The van der Waals surface area contributed by atoms with E-state index in [0.29, 0.717) is 22.2 Å². The summed E-state index contributed by atoms with van der Waals surface area (Å²) in [5, 5.41) is 2.95. The van der Waals surface area contributed by atoms with Crippen LogP contribution in [0.2, 0.25) is 5.02 Å². The number of amides is 1. The summed E-state index contributed by atoms with van der Waals surface area (Å²) >= 11 is 6.06. The number of hydrogen-bond donors (Lipinski definition) is 1. The fraction of sp³-hybridized carbons (Fsp3) is 0.222. The molecule has 7 heteroatoms. The Bertz CT molecular complexity index is 761. The lowest BCUT2D eigenvalue weighted by atomic mass is 10.2. The summed E-state index contributed by atoms with van der Waals surface area (Å²) < 4.78 is 15.3. The van der Waals surface area contributed by atoms with Crippen LogP contribution in [-0.2, 0) is 9.53 Å². The Hall–Kier alpha value is -2.73. The van der Waals surface area contributed by atoms with Crippen molar-refractivity contribution in [2.24, 2.45) is 0 Å². The van der Waals surface area contributed by atoms with E-state index < -0.39 is 18.0 Å². The summed E-state index contributed by atoms with van der Waals surface area (Å²) in [5.41, 5.74) is 0.589. The number of rotatable bonds is 6. The lowest BCUT2D eigenvalue weighted by Gasteiger charge is -2.16. The molecule has 1 N–H and O–H groups in total. The van der Waals surface area contributed by atoms with E-state index in [1.54, 1.807) is 38.3 Å². The van der Waals surface area contributed by atoms with Crippen molar-refractivity contribution in [3.63, 3.8) is 0 Å². The van der Waals surface area contributed by atoms with Crippen LogP contribution in [0.25, 0.3) is 0 Å². The van der Waals surface area contributed by atoms with Crippen LogP contribution in [0.5, 0.6) is 11.5 Å². The van der Waals surface area contributed by atoms with Gasteiger partial charge in [-0.2, -0.15) is 0 Å². The summed E-state index contributed by atoms with van der Waals surface area (Å²) in [7, 11) is 2.85. The number of nitrogens with one attached hydrogen (secondary N) is 1. The fourth-order valence-electron chi connectivity index (χ4n) is 2.01. The van der Waals surface area contributed by atoms with Gasteiger partial charge in [0.1, 0.15) is 11.5 Å². The van der Waals surface area contributed by atoms with Crippen LogP contribution < -0.4 is 14.8 Å². The molecule has 1 atom stereocenters. The molecule has 0 fully saturated rings. The van der Waals surface area contributed by atoms with Crippen molar-refractivity contribution in [1.29, 1.82) is 0 Å². The van der Waals surface area contributed by atoms with Gasteiger partial charge in [-0.05, 0) is 49.4 Å². The summed E-state index contributed by atoms with van der Waals surface area (Å²) in [4.78, 5) is 23.9. The Kier molecular flexibility index (Phi) is 6.25. The van der Waals surface area contributed by atoms with Crippen molar-refractivity contribution in [2.75, 3.05) is 19.5 Å². The van der Waals surface area contributed by atoms with Gasteiger partial charge in [0, 0.05) is 0 Å². The third-order valence-electron chi connectivity index (χ3n) is 3.39. The number of benzene rings is 2. The normalized spacial score (nSPS) is 11.4. The average molecular weight is 364 g/mol. The Morgan fingerprint density at radius 2 is 1.68 bits per heavy atom. The lowest BCUT2D eigenvalue weighted by molar-refractivity contribution is -0.122. The minimum absolute atomic E-state index is 0.283. The van der Waals surface area contributed by atoms with Gasteiger partial charge in [0.25, 0.3) is 5.91 Å². The van der Waals surface area contributed by atoms with Crippen molar-refractivity contribution >= 4 is 29.2 Å². The van der Waals surface area contributed by atoms with Gasteiger partial charge in [-0.15, -0.1) is 0 Å². The highest BCUT2D eigenvalue weighted by molar-refractivity contribution is 6.33. The number of ether oxygens (including phenoxy) is 3. The maximum atomic E-state index is 12.3. The zero-order valence-electron chi connectivity index (χ0n) is 14.0. The highest BCUT2D eigenvalue weighted by Gasteiger charge is 2.17. The van der Waals surface area contributed by atoms with E-state index in [2.05, 4.69) is 10.1 Å². The first-order chi connectivity index (χ1) is 11.9. The van der Waals surface area contributed by atoms with Crippen molar-refractivity contribution in [3.8, 4) is 11.5 Å². The lowest BCUT2D eigenvalue weighted by Crippen LogP contribution is -2.30. The number of anilines is 1. The molecule has 0 heterocycles. The Morgan fingerprint density at radius 3 is 2.28 bits per heavy atom. The first kappa shape index (κ1) is 18.6. The number of carbonyl (C=O) groups is 2. The second-order valence-electron chi connectivity index (χ2n) is 5.11. The molecule has 2 rings (SSSR count). The predicted octanol–water partition coefficient (Wildman–Crippen LogP) is 3.54. The van der Waals surface area contributed by atoms with Crippen LogP contribution in [0.3, 0.4) is 0 Å². The topological polar surface area (TPSA) is 73.9 Å². The molecule has 0 spiro atoms. The molecular weight excluding hydrogens is 346 g/mol. The van der Waals surface area contributed by atoms with E-state index in [1.165, 1.54) is 25.3 Å². The van der Waals surface area contributed by atoms with Crippen LogP contribution in [0.15, 0.2) is 42.5 Å². The van der Waals surface area contributed by atoms with Crippen LogP contribution in [-0.4, -0.2) is 32.2 Å². The Labute approximate surface area is 150 Å². The van der Waals surface area contributed by atoms with Gasteiger partial charge in [-0.3, -0.25) is 4.79 Å². The van der Waals surface area contributed by atoms with Gasteiger partial charge in [0.05, 0.1) is 30.5 Å². The number of halogens is 1.